The molecule has 19 heavy (non-hydrogen) atoms. The van der Waals surface area contributed by atoms with Crippen LogP contribution in [0.25, 0.3) is 0 Å². The normalized spacial score (nSPS) is 17.9. The maximum Gasteiger partial charge on any atom is 0.329 e. The smallest absolute Gasteiger partial charge is 0.329 e. The fraction of sp³-hybridized carbons (Fsp3) is 0.571. The molecule has 0 bridgehead atoms. The first-order valence-corrected chi connectivity index (χ1v) is 7.43. The van der Waals surface area contributed by atoms with Gasteiger partial charge in [-0.1, -0.05) is 19.3 Å². The second-order valence-corrected chi connectivity index (χ2v) is 6.56. The van der Waals surface area contributed by atoms with Crippen LogP contribution in [0.4, 0.5) is 0 Å². The summed E-state index contributed by atoms with van der Waals surface area (Å²) in [7, 11) is 0. The van der Waals surface area contributed by atoms with Gasteiger partial charge in [-0.15, -0.1) is 11.3 Å². The molecule has 4 nitrogen and oxygen atoms in total. The van der Waals surface area contributed by atoms with Crippen molar-refractivity contribution in [2.75, 3.05) is 0 Å². The van der Waals surface area contributed by atoms with Crippen LogP contribution in [0.3, 0.4) is 0 Å². The van der Waals surface area contributed by atoms with Crippen molar-refractivity contribution < 1.29 is 14.7 Å². The molecule has 0 aromatic carbocycles. The van der Waals surface area contributed by atoms with Gasteiger partial charge in [0.15, 0.2) is 0 Å². The largest absolute Gasteiger partial charge is 0.480 e. The minimum Gasteiger partial charge on any atom is -0.480 e. The van der Waals surface area contributed by atoms with Crippen molar-refractivity contribution >= 4 is 23.2 Å². The maximum absolute atomic E-state index is 12.0. The zero-order valence-electron chi connectivity index (χ0n) is 11.1. The summed E-state index contributed by atoms with van der Waals surface area (Å²) < 4.78 is 0. The van der Waals surface area contributed by atoms with Gasteiger partial charge in [0.25, 0.3) is 0 Å². The van der Waals surface area contributed by atoms with Crippen LogP contribution in [0.15, 0.2) is 12.1 Å². The Morgan fingerprint density at radius 2 is 2.00 bits per heavy atom. The van der Waals surface area contributed by atoms with E-state index in [1.54, 1.807) is 11.3 Å². The Kier molecular flexibility index (Phi) is 4.24. The summed E-state index contributed by atoms with van der Waals surface area (Å²) in [4.78, 5) is 25.6. The molecule has 0 aliphatic heterocycles. The van der Waals surface area contributed by atoms with Crippen LogP contribution in [-0.2, 0) is 16.0 Å². The molecule has 5 heteroatoms. The molecule has 104 valence electrons. The first kappa shape index (κ1) is 14.1. The van der Waals surface area contributed by atoms with E-state index in [0.717, 1.165) is 29.0 Å². The van der Waals surface area contributed by atoms with Crippen molar-refractivity contribution in [1.82, 2.24) is 5.32 Å². The van der Waals surface area contributed by atoms with E-state index in [2.05, 4.69) is 5.32 Å². The standard InChI is InChI=1S/C14H19NO3S/c1-10-5-6-11(19-10)9-12(16)15-14(13(17)18)7-3-2-4-8-14/h5-6H,2-4,7-9H2,1H3,(H,15,16)(H,17,18). The number of aryl methyl sites for hydroxylation is 1. The van der Waals surface area contributed by atoms with E-state index in [9.17, 15) is 14.7 Å². The second kappa shape index (κ2) is 5.74. The monoisotopic (exact) mass is 281 g/mol. The Morgan fingerprint density at radius 1 is 1.32 bits per heavy atom. The fourth-order valence-electron chi connectivity index (χ4n) is 2.60. The van der Waals surface area contributed by atoms with Gasteiger partial charge in [0.2, 0.25) is 5.91 Å². The molecule has 0 radical (unpaired) electrons. The summed E-state index contributed by atoms with van der Waals surface area (Å²) >= 11 is 1.58. The lowest BCUT2D eigenvalue weighted by molar-refractivity contribution is -0.149. The predicted molar refractivity (Wildman–Crippen MR) is 74.4 cm³/mol. The summed E-state index contributed by atoms with van der Waals surface area (Å²) in [5.74, 6) is -1.09. The molecule has 2 rings (SSSR count). The Bertz CT molecular complexity index is 475. The van der Waals surface area contributed by atoms with E-state index < -0.39 is 11.5 Å². The number of carbonyl (C=O) groups excluding carboxylic acids is 1. The number of hydrogen-bond donors (Lipinski definition) is 2. The van der Waals surface area contributed by atoms with E-state index in [1.807, 2.05) is 19.1 Å². The molecule has 1 aliphatic rings. The van der Waals surface area contributed by atoms with E-state index in [-0.39, 0.29) is 12.3 Å². The molecule has 0 saturated heterocycles. The molecule has 0 spiro atoms. The lowest BCUT2D eigenvalue weighted by atomic mass is 9.81. The van der Waals surface area contributed by atoms with Gasteiger partial charge in [0, 0.05) is 9.75 Å². The summed E-state index contributed by atoms with van der Waals surface area (Å²) in [5, 5.41) is 12.2. The highest BCUT2D eigenvalue weighted by Crippen LogP contribution is 2.28. The average molecular weight is 281 g/mol. The Hall–Kier alpha value is -1.36. The van der Waals surface area contributed by atoms with E-state index in [0.29, 0.717) is 12.8 Å². The first-order valence-electron chi connectivity index (χ1n) is 6.62. The van der Waals surface area contributed by atoms with Crippen molar-refractivity contribution in [1.29, 1.82) is 0 Å². The highest BCUT2D eigenvalue weighted by molar-refractivity contribution is 7.12. The summed E-state index contributed by atoms with van der Waals surface area (Å²) in [6.45, 7) is 1.99. The van der Waals surface area contributed by atoms with Gasteiger partial charge in [-0.25, -0.2) is 4.79 Å². The topological polar surface area (TPSA) is 66.4 Å². The molecule has 1 aliphatic carbocycles. The average Bonchev–Trinajstić information content (AvgIpc) is 2.75. The molecule has 0 unspecified atom stereocenters. The number of carbonyl (C=O) groups is 2. The Labute approximate surface area is 116 Å². The number of carboxylic acid groups (broad SMARTS) is 1. The van der Waals surface area contributed by atoms with E-state index in [4.69, 9.17) is 0 Å². The van der Waals surface area contributed by atoms with Crippen molar-refractivity contribution in [2.45, 2.75) is 51.0 Å². The maximum atomic E-state index is 12.0. The van der Waals surface area contributed by atoms with Gasteiger partial charge in [-0.2, -0.15) is 0 Å². The van der Waals surface area contributed by atoms with Gasteiger partial charge in [-0.05, 0) is 31.9 Å². The first-order chi connectivity index (χ1) is 9.02. The molecule has 1 fully saturated rings. The van der Waals surface area contributed by atoms with Crippen molar-refractivity contribution in [2.24, 2.45) is 0 Å². The Balaban J connectivity index is 2.01. The summed E-state index contributed by atoms with van der Waals surface area (Å²) in [6.07, 6.45) is 4.13. The molecule has 2 N–H and O–H groups in total. The highest BCUT2D eigenvalue weighted by Gasteiger charge is 2.40. The molecule has 1 saturated carbocycles. The SMILES string of the molecule is Cc1ccc(CC(=O)NC2(C(=O)O)CCCCC2)s1. The van der Waals surface area contributed by atoms with Crippen LogP contribution < -0.4 is 5.32 Å². The minimum atomic E-state index is -1.04. The van der Waals surface area contributed by atoms with Crippen molar-refractivity contribution in [3.63, 3.8) is 0 Å². The molecule has 1 aromatic rings. The number of aliphatic carboxylic acids is 1. The van der Waals surface area contributed by atoms with Gasteiger partial charge in [0.05, 0.1) is 6.42 Å². The zero-order valence-corrected chi connectivity index (χ0v) is 11.9. The number of thiophene rings is 1. The molecule has 0 atom stereocenters. The van der Waals surface area contributed by atoms with Gasteiger partial charge in [0.1, 0.15) is 5.54 Å². The fourth-order valence-corrected chi connectivity index (χ4v) is 3.49. The van der Waals surface area contributed by atoms with Crippen molar-refractivity contribution in [3.8, 4) is 0 Å². The van der Waals surface area contributed by atoms with Crippen LogP contribution in [0.1, 0.15) is 41.9 Å². The quantitative estimate of drug-likeness (QED) is 0.891. The van der Waals surface area contributed by atoms with Crippen LogP contribution >= 0.6 is 11.3 Å². The molecular weight excluding hydrogens is 262 g/mol. The third kappa shape index (κ3) is 3.35. The Morgan fingerprint density at radius 3 is 2.53 bits per heavy atom. The van der Waals surface area contributed by atoms with Crippen LogP contribution in [0.5, 0.6) is 0 Å². The molecule has 1 amide bonds. The molecular formula is C14H19NO3S. The van der Waals surface area contributed by atoms with E-state index in [1.165, 1.54) is 0 Å². The lowest BCUT2D eigenvalue weighted by Crippen LogP contribution is -2.55. The third-order valence-corrected chi connectivity index (χ3v) is 4.63. The lowest BCUT2D eigenvalue weighted by Gasteiger charge is -2.33. The van der Waals surface area contributed by atoms with Gasteiger partial charge < -0.3 is 10.4 Å². The van der Waals surface area contributed by atoms with Crippen LogP contribution in [0.2, 0.25) is 0 Å². The number of carboxylic acids is 1. The second-order valence-electron chi connectivity index (χ2n) is 5.19. The van der Waals surface area contributed by atoms with Gasteiger partial charge >= 0.3 is 5.97 Å². The number of nitrogens with one attached hydrogen (secondary N) is 1. The summed E-state index contributed by atoms with van der Waals surface area (Å²) in [5.41, 5.74) is -1.04. The number of hydrogen-bond acceptors (Lipinski definition) is 3. The number of rotatable bonds is 4. The molecule has 1 aromatic heterocycles. The van der Waals surface area contributed by atoms with Crippen LogP contribution in [-0.4, -0.2) is 22.5 Å². The molecule has 1 heterocycles. The third-order valence-electron chi connectivity index (χ3n) is 3.63. The predicted octanol–water partition coefficient (Wildman–Crippen LogP) is 2.50. The van der Waals surface area contributed by atoms with Crippen molar-refractivity contribution in [3.05, 3.63) is 21.9 Å². The zero-order chi connectivity index (χ0) is 13.9. The van der Waals surface area contributed by atoms with Crippen LogP contribution in [0, 0.1) is 6.92 Å². The minimum absolute atomic E-state index is 0.189. The number of amides is 1. The van der Waals surface area contributed by atoms with Gasteiger partial charge in [-0.3, -0.25) is 4.79 Å². The summed E-state index contributed by atoms with van der Waals surface area (Å²) in [6, 6.07) is 3.90. The highest BCUT2D eigenvalue weighted by atomic mass is 32.1. The van der Waals surface area contributed by atoms with E-state index >= 15 is 0 Å².